The summed E-state index contributed by atoms with van der Waals surface area (Å²) in [5.74, 6) is 1.89. The standard InChI is InChI=1S/C16H25NO/c1-2-6-15-8-3-4-9-16(15)18-12-10-14-7-5-11-17-13-14/h3-4,8-9,14,17H,2,5-7,10-13H2,1H3/t14-/m0/s1. The quantitative estimate of drug-likeness (QED) is 0.832. The van der Waals surface area contributed by atoms with Gasteiger partial charge in [-0.05, 0) is 56.3 Å². The second kappa shape index (κ2) is 7.42. The van der Waals surface area contributed by atoms with E-state index in [1.54, 1.807) is 0 Å². The van der Waals surface area contributed by atoms with E-state index in [4.69, 9.17) is 4.74 Å². The zero-order chi connectivity index (χ0) is 12.6. The maximum atomic E-state index is 5.96. The number of rotatable bonds is 6. The number of ether oxygens (including phenoxy) is 1. The molecule has 2 heteroatoms. The van der Waals surface area contributed by atoms with Crippen molar-refractivity contribution in [3.05, 3.63) is 29.8 Å². The summed E-state index contributed by atoms with van der Waals surface area (Å²) in [7, 11) is 0. The fourth-order valence-electron chi connectivity index (χ4n) is 2.63. The molecule has 1 aliphatic rings. The van der Waals surface area contributed by atoms with Crippen LogP contribution in [-0.2, 0) is 6.42 Å². The van der Waals surface area contributed by atoms with Crippen molar-refractivity contribution in [2.24, 2.45) is 5.92 Å². The lowest BCUT2D eigenvalue weighted by molar-refractivity contribution is 0.252. The average molecular weight is 247 g/mol. The fourth-order valence-corrected chi connectivity index (χ4v) is 2.63. The van der Waals surface area contributed by atoms with Crippen molar-refractivity contribution in [2.75, 3.05) is 19.7 Å². The van der Waals surface area contributed by atoms with E-state index in [0.29, 0.717) is 0 Å². The van der Waals surface area contributed by atoms with E-state index in [9.17, 15) is 0 Å². The molecule has 0 saturated carbocycles. The highest BCUT2D eigenvalue weighted by atomic mass is 16.5. The summed E-state index contributed by atoms with van der Waals surface area (Å²) in [5.41, 5.74) is 1.35. The number of benzene rings is 1. The summed E-state index contributed by atoms with van der Waals surface area (Å²) in [5, 5.41) is 3.46. The zero-order valence-electron chi connectivity index (χ0n) is 11.5. The van der Waals surface area contributed by atoms with Gasteiger partial charge in [0.05, 0.1) is 6.61 Å². The minimum Gasteiger partial charge on any atom is -0.493 e. The van der Waals surface area contributed by atoms with Crippen LogP contribution in [0.1, 0.15) is 38.2 Å². The Bertz CT molecular complexity index is 345. The smallest absolute Gasteiger partial charge is 0.122 e. The van der Waals surface area contributed by atoms with E-state index in [2.05, 4.69) is 36.5 Å². The predicted octanol–water partition coefficient (Wildman–Crippen LogP) is 3.41. The molecule has 0 bridgehead atoms. The van der Waals surface area contributed by atoms with E-state index in [-0.39, 0.29) is 0 Å². The molecule has 1 aromatic rings. The third kappa shape index (κ3) is 4.02. The number of aryl methyl sites for hydroxylation is 1. The lowest BCUT2D eigenvalue weighted by atomic mass is 9.97. The van der Waals surface area contributed by atoms with Crippen molar-refractivity contribution >= 4 is 0 Å². The lowest BCUT2D eigenvalue weighted by Crippen LogP contribution is -2.30. The summed E-state index contributed by atoms with van der Waals surface area (Å²) in [6.45, 7) is 5.42. The Balaban J connectivity index is 1.78. The molecular formula is C16H25NO. The van der Waals surface area contributed by atoms with Gasteiger partial charge in [0.15, 0.2) is 0 Å². The monoisotopic (exact) mass is 247 g/mol. The average Bonchev–Trinajstić information content (AvgIpc) is 2.42. The summed E-state index contributed by atoms with van der Waals surface area (Å²) in [6, 6.07) is 8.45. The van der Waals surface area contributed by atoms with Gasteiger partial charge in [-0.25, -0.2) is 0 Å². The Hall–Kier alpha value is -1.02. The molecule has 0 amide bonds. The third-order valence-corrected chi connectivity index (χ3v) is 3.67. The van der Waals surface area contributed by atoms with Crippen LogP contribution in [0, 0.1) is 5.92 Å². The molecule has 100 valence electrons. The van der Waals surface area contributed by atoms with Crippen LogP contribution in [0.5, 0.6) is 5.75 Å². The summed E-state index contributed by atoms with van der Waals surface area (Å²) in [6.07, 6.45) is 6.13. The van der Waals surface area contributed by atoms with E-state index in [0.717, 1.165) is 24.7 Å². The van der Waals surface area contributed by atoms with Crippen LogP contribution < -0.4 is 10.1 Å². The second-order valence-electron chi connectivity index (χ2n) is 5.21. The van der Waals surface area contributed by atoms with Crippen LogP contribution in [0.2, 0.25) is 0 Å². The molecule has 1 atom stereocenters. The number of piperidine rings is 1. The zero-order valence-corrected chi connectivity index (χ0v) is 11.5. The molecule has 1 saturated heterocycles. The molecule has 0 radical (unpaired) electrons. The van der Waals surface area contributed by atoms with Crippen LogP contribution in [-0.4, -0.2) is 19.7 Å². The Morgan fingerprint density at radius 3 is 3.00 bits per heavy atom. The van der Waals surface area contributed by atoms with Crippen LogP contribution in [0.25, 0.3) is 0 Å². The Morgan fingerprint density at radius 1 is 1.33 bits per heavy atom. The molecule has 1 heterocycles. The molecule has 2 rings (SSSR count). The molecule has 0 aliphatic carbocycles. The van der Waals surface area contributed by atoms with Crippen molar-refractivity contribution < 1.29 is 4.74 Å². The Morgan fingerprint density at radius 2 is 2.22 bits per heavy atom. The van der Waals surface area contributed by atoms with Crippen LogP contribution in [0.4, 0.5) is 0 Å². The van der Waals surface area contributed by atoms with E-state index in [1.807, 2.05) is 0 Å². The summed E-state index contributed by atoms with van der Waals surface area (Å²) < 4.78 is 5.96. The van der Waals surface area contributed by atoms with Crippen molar-refractivity contribution in [3.63, 3.8) is 0 Å². The van der Waals surface area contributed by atoms with Gasteiger partial charge in [-0.3, -0.25) is 0 Å². The molecule has 1 N–H and O–H groups in total. The molecule has 0 spiro atoms. The Labute approximate surface area is 111 Å². The van der Waals surface area contributed by atoms with Gasteiger partial charge in [0.1, 0.15) is 5.75 Å². The number of nitrogens with one attached hydrogen (secondary N) is 1. The normalized spacial score (nSPS) is 19.7. The molecule has 1 aliphatic heterocycles. The minimum absolute atomic E-state index is 0.803. The molecule has 0 unspecified atom stereocenters. The van der Waals surface area contributed by atoms with Crippen molar-refractivity contribution in [3.8, 4) is 5.75 Å². The predicted molar refractivity (Wildman–Crippen MR) is 76.1 cm³/mol. The highest BCUT2D eigenvalue weighted by Gasteiger charge is 2.12. The maximum Gasteiger partial charge on any atom is 0.122 e. The molecule has 18 heavy (non-hydrogen) atoms. The van der Waals surface area contributed by atoms with Gasteiger partial charge in [-0.1, -0.05) is 31.5 Å². The van der Waals surface area contributed by atoms with E-state index in [1.165, 1.54) is 44.3 Å². The van der Waals surface area contributed by atoms with E-state index < -0.39 is 0 Å². The summed E-state index contributed by atoms with van der Waals surface area (Å²) >= 11 is 0. The second-order valence-corrected chi connectivity index (χ2v) is 5.21. The highest BCUT2D eigenvalue weighted by molar-refractivity contribution is 5.33. The van der Waals surface area contributed by atoms with Crippen molar-refractivity contribution in [2.45, 2.75) is 39.0 Å². The van der Waals surface area contributed by atoms with Gasteiger partial charge in [-0.2, -0.15) is 0 Å². The minimum atomic E-state index is 0.803. The SMILES string of the molecule is CCCc1ccccc1OCC[C@@H]1CCCNC1. The van der Waals surface area contributed by atoms with Gasteiger partial charge in [0.25, 0.3) is 0 Å². The first-order valence-corrected chi connectivity index (χ1v) is 7.31. The number of para-hydroxylation sites is 1. The number of hydrogen-bond donors (Lipinski definition) is 1. The van der Waals surface area contributed by atoms with Crippen LogP contribution >= 0.6 is 0 Å². The molecule has 1 aromatic carbocycles. The third-order valence-electron chi connectivity index (χ3n) is 3.67. The fraction of sp³-hybridized carbons (Fsp3) is 0.625. The molecule has 0 aromatic heterocycles. The topological polar surface area (TPSA) is 21.3 Å². The van der Waals surface area contributed by atoms with Gasteiger partial charge in [-0.15, -0.1) is 0 Å². The Kier molecular flexibility index (Phi) is 5.53. The van der Waals surface area contributed by atoms with Gasteiger partial charge < -0.3 is 10.1 Å². The first kappa shape index (κ1) is 13.4. The van der Waals surface area contributed by atoms with Gasteiger partial charge >= 0.3 is 0 Å². The van der Waals surface area contributed by atoms with E-state index >= 15 is 0 Å². The van der Waals surface area contributed by atoms with Crippen molar-refractivity contribution in [1.82, 2.24) is 5.32 Å². The summed E-state index contributed by atoms with van der Waals surface area (Å²) in [4.78, 5) is 0. The largest absolute Gasteiger partial charge is 0.493 e. The van der Waals surface area contributed by atoms with Gasteiger partial charge in [0, 0.05) is 0 Å². The number of hydrogen-bond acceptors (Lipinski definition) is 2. The lowest BCUT2D eigenvalue weighted by Gasteiger charge is -2.22. The van der Waals surface area contributed by atoms with Gasteiger partial charge in [0.2, 0.25) is 0 Å². The molecular weight excluding hydrogens is 222 g/mol. The van der Waals surface area contributed by atoms with Crippen LogP contribution in [0.3, 0.4) is 0 Å². The highest BCUT2D eigenvalue weighted by Crippen LogP contribution is 2.21. The molecule has 2 nitrogen and oxygen atoms in total. The van der Waals surface area contributed by atoms with Crippen LogP contribution in [0.15, 0.2) is 24.3 Å². The molecule has 1 fully saturated rings. The first-order chi connectivity index (χ1) is 8.90. The maximum absolute atomic E-state index is 5.96. The van der Waals surface area contributed by atoms with Crippen molar-refractivity contribution in [1.29, 1.82) is 0 Å². The first-order valence-electron chi connectivity index (χ1n) is 7.31.